The minimum atomic E-state index is -0.498. The van der Waals surface area contributed by atoms with E-state index in [0.29, 0.717) is 26.3 Å². The highest BCUT2D eigenvalue weighted by atomic mass is 127. The van der Waals surface area contributed by atoms with E-state index in [1.165, 1.54) is 18.2 Å². The van der Waals surface area contributed by atoms with Gasteiger partial charge in [0, 0.05) is 27.5 Å². The van der Waals surface area contributed by atoms with Crippen molar-refractivity contribution in [2.75, 3.05) is 12.1 Å². The van der Waals surface area contributed by atoms with Gasteiger partial charge in [0.05, 0.1) is 10.5 Å². The molecule has 1 aliphatic heterocycles. The lowest BCUT2D eigenvalue weighted by Crippen LogP contribution is -2.13. The highest BCUT2D eigenvalue weighted by Crippen LogP contribution is 2.34. The van der Waals surface area contributed by atoms with Gasteiger partial charge in [-0.1, -0.05) is 0 Å². The molecular weight excluding hydrogens is 403 g/mol. The molecule has 1 heterocycles. The third-order valence-corrected chi connectivity index (χ3v) is 3.93. The Morgan fingerprint density at radius 2 is 1.95 bits per heavy atom. The summed E-state index contributed by atoms with van der Waals surface area (Å²) in [6.45, 7) is 0.160. The van der Waals surface area contributed by atoms with Gasteiger partial charge in [0.15, 0.2) is 11.5 Å². The predicted octanol–water partition coefficient (Wildman–Crippen LogP) is 3.18. The van der Waals surface area contributed by atoms with Gasteiger partial charge in [-0.2, -0.15) is 0 Å². The van der Waals surface area contributed by atoms with Gasteiger partial charge in [0.1, 0.15) is 0 Å². The molecule has 2 aromatic carbocycles. The number of carbonyl (C=O) groups excluding carboxylic acids is 1. The number of ether oxygens (including phenoxy) is 2. The third kappa shape index (κ3) is 2.82. The highest BCUT2D eigenvalue weighted by Gasteiger charge is 2.17. The van der Waals surface area contributed by atoms with E-state index >= 15 is 0 Å². The summed E-state index contributed by atoms with van der Waals surface area (Å²) in [6, 6.07) is 9.16. The van der Waals surface area contributed by atoms with E-state index < -0.39 is 4.92 Å². The van der Waals surface area contributed by atoms with E-state index in [-0.39, 0.29) is 18.4 Å². The van der Waals surface area contributed by atoms with Crippen LogP contribution in [0.2, 0.25) is 0 Å². The summed E-state index contributed by atoms with van der Waals surface area (Å²) < 4.78 is 10.9. The van der Waals surface area contributed by atoms with Crippen LogP contribution in [0.5, 0.6) is 11.5 Å². The molecule has 0 spiro atoms. The van der Waals surface area contributed by atoms with Gasteiger partial charge in [0.25, 0.3) is 11.6 Å². The van der Waals surface area contributed by atoms with Crippen molar-refractivity contribution in [1.29, 1.82) is 0 Å². The molecule has 3 rings (SSSR count). The van der Waals surface area contributed by atoms with E-state index in [1.54, 1.807) is 18.2 Å². The van der Waals surface area contributed by atoms with Crippen LogP contribution in [0.15, 0.2) is 36.4 Å². The Kier molecular flexibility index (Phi) is 3.84. The van der Waals surface area contributed by atoms with Gasteiger partial charge in [-0.3, -0.25) is 14.9 Å². The van der Waals surface area contributed by atoms with Gasteiger partial charge in [0.2, 0.25) is 6.79 Å². The fraction of sp³-hybridized carbons (Fsp3) is 0.0714. The number of rotatable bonds is 3. The smallest absolute Gasteiger partial charge is 0.270 e. The number of halogens is 1. The molecule has 1 amide bonds. The van der Waals surface area contributed by atoms with Crippen LogP contribution in [0.4, 0.5) is 11.4 Å². The summed E-state index contributed by atoms with van der Waals surface area (Å²) in [5.74, 6) is 0.845. The lowest BCUT2D eigenvalue weighted by molar-refractivity contribution is -0.384. The molecule has 0 bridgehead atoms. The summed E-state index contributed by atoms with van der Waals surface area (Å²) in [5.41, 5.74) is 0.872. The van der Waals surface area contributed by atoms with Crippen molar-refractivity contribution in [3.05, 3.63) is 55.6 Å². The molecule has 0 saturated carbocycles. The number of nitro groups is 1. The van der Waals surface area contributed by atoms with E-state index in [2.05, 4.69) is 5.32 Å². The van der Waals surface area contributed by atoms with Crippen molar-refractivity contribution in [3.63, 3.8) is 0 Å². The number of benzene rings is 2. The standard InChI is InChI=1S/C14H9IN2O5/c15-11-6-9(17(19)20)2-3-10(11)14(18)16-8-1-4-12-13(5-8)22-7-21-12/h1-6H,7H2,(H,16,18). The first-order chi connectivity index (χ1) is 10.5. The summed E-state index contributed by atoms with van der Waals surface area (Å²) >= 11 is 1.90. The van der Waals surface area contributed by atoms with E-state index in [0.717, 1.165) is 0 Å². The zero-order chi connectivity index (χ0) is 15.7. The average Bonchev–Trinajstić information content (AvgIpc) is 2.94. The molecule has 0 atom stereocenters. The Morgan fingerprint density at radius 3 is 2.68 bits per heavy atom. The van der Waals surface area contributed by atoms with Crippen LogP contribution in [0.1, 0.15) is 10.4 Å². The molecule has 1 aliphatic rings. The first kappa shape index (κ1) is 14.6. The number of amides is 1. The molecule has 0 fully saturated rings. The zero-order valence-electron chi connectivity index (χ0n) is 11.0. The summed E-state index contributed by atoms with van der Waals surface area (Å²) in [7, 11) is 0. The normalized spacial score (nSPS) is 12.0. The molecule has 112 valence electrons. The molecule has 0 aliphatic carbocycles. The molecule has 0 radical (unpaired) electrons. The Bertz CT molecular complexity index is 778. The average molecular weight is 412 g/mol. The molecule has 0 aromatic heterocycles. The quantitative estimate of drug-likeness (QED) is 0.475. The maximum absolute atomic E-state index is 12.3. The van der Waals surface area contributed by atoms with E-state index in [1.807, 2.05) is 22.6 Å². The second-order valence-electron chi connectivity index (χ2n) is 4.44. The van der Waals surface area contributed by atoms with Crippen LogP contribution in [0.3, 0.4) is 0 Å². The van der Waals surface area contributed by atoms with E-state index in [9.17, 15) is 14.9 Å². The molecule has 0 saturated heterocycles. The van der Waals surface area contributed by atoms with Gasteiger partial charge < -0.3 is 14.8 Å². The lowest BCUT2D eigenvalue weighted by atomic mass is 10.2. The number of non-ortho nitro benzene ring substituents is 1. The number of nitrogens with zero attached hydrogens (tertiary/aromatic N) is 1. The number of hydrogen-bond acceptors (Lipinski definition) is 5. The zero-order valence-corrected chi connectivity index (χ0v) is 13.2. The number of nitro benzene ring substituents is 1. The van der Waals surface area contributed by atoms with Crippen molar-refractivity contribution in [1.82, 2.24) is 0 Å². The molecule has 7 nitrogen and oxygen atoms in total. The van der Waals surface area contributed by atoms with Crippen LogP contribution in [0.25, 0.3) is 0 Å². The van der Waals surface area contributed by atoms with Gasteiger partial charge in [-0.15, -0.1) is 0 Å². The lowest BCUT2D eigenvalue weighted by Gasteiger charge is -2.07. The molecule has 2 aromatic rings. The van der Waals surface area contributed by atoms with E-state index in [4.69, 9.17) is 9.47 Å². The largest absolute Gasteiger partial charge is 0.454 e. The van der Waals surface area contributed by atoms with Crippen LogP contribution in [-0.2, 0) is 0 Å². The Labute approximate surface area is 138 Å². The maximum Gasteiger partial charge on any atom is 0.270 e. The topological polar surface area (TPSA) is 90.7 Å². The summed E-state index contributed by atoms with van der Waals surface area (Å²) in [6.07, 6.45) is 0. The molecule has 22 heavy (non-hydrogen) atoms. The fourth-order valence-electron chi connectivity index (χ4n) is 1.97. The van der Waals surface area contributed by atoms with Gasteiger partial charge in [-0.25, -0.2) is 0 Å². The van der Waals surface area contributed by atoms with Crippen LogP contribution < -0.4 is 14.8 Å². The monoisotopic (exact) mass is 412 g/mol. The minimum Gasteiger partial charge on any atom is -0.454 e. The van der Waals surface area contributed by atoms with Crippen LogP contribution >= 0.6 is 22.6 Å². The van der Waals surface area contributed by atoms with Gasteiger partial charge in [-0.05, 0) is 40.8 Å². The molecular formula is C14H9IN2O5. The minimum absolute atomic E-state index is 0.0518. The second-order valence-corrected chi connectivity index (χ2v) is 5.61. The highest BCUT2D eigenvalue weighted by molar-refractivity contribution is 14.1. The van der Waals surface area contributed by atoms with Crippen molar-refractivity contribution < 1.29 is 19.2 Å². The Morgan fingerprint density at radius 1 is 1.18 bits per heavy atom. The summed E-state index contributed by atoms with van der Waals surface area (Å²) in [4.78, 5) is 22.5. The number of carbonyl (C=O) groups is 1. The van der Waals surface area contributed by atoms with Crippen molar-refractivity contribution >= 4 is 39.9 Å². The molecule has 8 heteroatoms. The number of fused-ring (bicyclic) bond motifs is 1. The Balaban J connectivity index is 1.81. The number of hydrogen-bond donors (Lipinski definition) is 1. The van der Waals surface area contributed by atoms with Crippen molar-refractivity contribution in [2.45, 2.75) is 0 Å². The van der Waals surface area contributed by atoms with Crippen LogP contribution in [-0.4, -0.2) is 17.6 Å². The Hall–Kier alpha value is -2.36. The number of nitrogens with one attached hydrogen (secondary N) is 1. The van der Waals surface area contributed by atoms with Crippen molar-refractivity contribution in [3.8, 4) is 11.5 Å². The SMILES string of the molecule is O=C(Nc1ccc2c(c1)OCO2)c1ccc([N+](=O)[O-])cc1I. The first-order valence-corrected chi connectivity index (χ1v) is 7.27. The fourth-order valence-corrected chi connectivity index (χ4v) is 2.72. The molecule has 0 unspecified atom stereocenters. The molecule has 1 N–H and O–H groups in total. The van der Waals surface area contributed by atoms with Crippen molar-refractivity contribution in [2.24, 2.45) is 0 Å². The summed E-state index contributed by atoms with van der Waals surface area (Å²) in [5, 5.41) is 13.4. The third-order valence-electron chi connectivity index (χ3n) is 3.04. The van der Waals surface area contributed by atoms with Crippen LogP contribution in [0, 0.1) is 13.7 Å². The second kappa shape index (κ2) is 5.79. The maximum atomic E-state index is 12.3. The predicted molar refractivity (Wildman–Crippen MR) is 86.3 cm³/mol. The first-order valence-electron chi connectivity index (χ1n) is 6.19. The van der Waals surface area contributed by atoms with Gasteiger partial charge >= 0.3 is 0 Å². The number of anilines is 1.